The fourth-order valence-corrected chi connectivity index (χ4v) is 2.05. The molecule has 114 valence electrons. The van der Waals surface area contributed by atoms with Gasteiger partial charge >= 0.3 is 0 Å². The summed E-state index contributed by atoms with van der Waals surface area (Å²) in [6.45, 7) is 7.39. The number of hydrogen-bond acceptors (Lipinski definition) is 5. The Morgan fingerprint density at radius 3 is 2.55 bits per heavy atom. The lowest BCUT2D eigenvalue weighted by molar-refractivity contribution is 0.414. The predicted molar refractivity (Wildman–Crippen MR) is 84.6 cm³/mol. The van der Waals surface area contributed by atoms with Gasteiger partial charge in [0.05, 0.1) is 7.11 Å². The topological polar surface area (TPSA) is 59.1 Å². The summed E-state index contributed by atoms with van der Waals surface area (Å²) in [5.74, 6) is 2.22. The third-order valence-corrected chi connectivity index (χ3v) is 3.17. The van der Waals surface area contributed by atoms with Crippen molar-refractivity contribution in [3.8, 4) is 5.75 Å². The first-order valence-corrected chi connectivity index (χ1v) is 7.62. The van der Waals surface area contributed by atoms with E-state index in [4.69, 9.17) is 4.74 Å². The van der Waals surface area contributed by atoms with Crippen LogP contribution in [0.2, 0.25) is 0 Å². The molecule has 5 nitrogen and oxygen atoms in total. The minimum atomic E-state index is 0.379. The second-order valence-corrected chi connectivity index (χ2v) is 5.07. The maximum atomic E-state index is 5.45. The van der Waals surface area contributed by atoms with Crippen molar-refractivity contribution in [2.75, 3.05) is 24.3 Å². The summed E-state index contributed by atoms with van der Waals surface area (Å²) in [7, 11) is 1.66. The van der Waals surface area contributed by atoms with Crippen molar-refractivity contribution in [2.24, 2.45) is 0 Å². The maximum Gasteiger partial charge on any atom is 0.204 e. The van der Waals surface area contributed by atoms with Gasteiger partial charge in [0.1, 0.15) is 6.33 Å². The van der Waals surface area contributed by atoms with Crippen LogP contribution in [0.5, 0.6) is 5.75 Å². The molecule has 0 bridgehead atoms. The fourth-order valence-electron chi connectivity index (χ4n) is 2.05. The average molecular weight is 280 g/mol. The summed E-state index contributed by atoms with van der Waals surface area (Å²) in [6, 6.07) is 0.379. The second-order valence-electron chi connectivity index (χ2n) is 5.07. The minimum Gasteiger partial charge on any atom is -0.490 e. The number of rotatable bonds is 10. The molecule has 0 aliphatic carbocycles. The Morgan fingerprint density at radius 2 is 1.90 bits per heavy atom. The normalized spacial score (nSPS) is 12.0. The summed E-state index contributed by atoms with van der Waals surface area (Å²) in [5, 5.41) is 6.68. The van der Waals surface area contributed by atoms with Crippen molar-refractivity contribution < 1.29 is 4.74 Å². The van der Waals surface area contributed by atoms with Crippen LogP contribution in [-0.2, 0) is 0 Å². The van der Waals surface area contributed by atoms with E-state index in [0.29, 0.717) is 11.8 Å². The molecule has 0 aliphatic rings. The summed E-state index contributed by atoms with van der Waals surface area (Å²) >= 11 is 0. The lowest BCUT2D eigenvalue weighted by Crippen LogP contribution is -2.17. The number of nitrogens with zero attached hydrogens (tertiary/aromatic N) is 2. The third kappa shape index (κ3) is 5.23. The highest BCUT2D eigenvalue weighted by molar-refractivity contribution is 5.63. The molecule has 1 aromatic rings. The molecule has 0 spiro atoms. The van der Waals surface area contributed by atoms with Crippen LogP contribution < -0.4 is 15.4 Å². The van der Waals surface area contributed by atoms with Crippen LogP contribution in [0.25, 0.3) is 0 Å². The zero-order chi connectivity index (χ0) is 14.8. The number of hydrogen-bond donors (Lipinski definition) is 2. The number of methoxy groups -OCH3 is 1. The third-order valence-electron chi connectivity index (χ3n) is 3.17. The van der Waals surface area contributed by atoms with Crippen LogP contribution in [0.3, 0.4) is 0 Å². The molecule has 1 heterocycles. The van der Waals surface area contributed by atoms with Gasteiger partial charge in [-0.15, -0.1) is 0 Å². The molecule has 0 amide bonds. The van der Waals surface area contributed by atoms with E-state index in [1.165, 1.54) is 19.3 Å². The van der Waals surface area contributed by atoms with Gasteiger partial charge in [-0.1, -0.05) is 33.1 Å². The van der Waals surface area contributed by atoms with Gasteiger partial charge in [0.15, 0.2) is 11.6 Å². The summed E-state index contributed by atoms with van der Waals surface area (Å²) in [5.41, 5.74) is 0. The van der Waals surface area contributed by atoms with Crippen LogP contribution in [0.4, 0.5) is 11.6 Å². The van der Waals surface area contributed by atoms with E-state index in [9.17, 15) is 0 Å². The lowest BCUT2D eigenvalue weighted by atomic mass is 10.1. The van der Waals surface area contributed by atoms with Gasteiger partial charge in [0.2, 0.25) is 5.75 Å². The highest BCUT2D eigenvalue weighted by Gasteiger charge is 2.13. The van der Waals surface area contributed by atoms with E-state index in [-0.39, 0.29) is 0 Å². The van der Waals surface area contributed by atoms with E-state index in [2.05, 4.69) is 41.4 Å². The Morgan fingerprint density at radius 1 is 1.15 bits per heavy atom. The monoisotopic (exact) mass is 280 g/mol. The molecular weight excluding hydrogens is 252 g/mol. The van der Waals surface area contributed by atoms with Gasteiger partial charge < -0.3 is 15.4 Å². The van der Waals surface area contributed by atoms with Gasteiger partial charge in [-0.05, 0) is 19.8 Å². The van der Waals surface area contributed by atoms with Crippen LogP contribution in [-0.4, -0.2) is 29.7 Å². The molecule has 0 fully saturated rings. The molecule has 1 aromatic heterocycles. The first-order valence-electron chi connectivity index (χ1n) is 7.62. The van der Waals surface area contributed by atoms with Crippen molar-refractivity contribution in [1.82, 2.24) is 9.97 Å². The Kier molecular flexibility index (Phi) is 7.77. The minimum absolute atomic E-state index is 0.379. The second kappa shape index (κ2) is 9.39. The van der Waals surface area contributed by atoms with E-state index in [1.807, 2.05) is 0 Å². The average Bonchev–Trinajstić information content (AvgIpc) is 2.45. The Labute approximate surface area is 122 Å². The van der Waals surface area contributed by atoms with E-state index >= 15 is 0 Å². The highest BCUT2D eigenvalue weighted by atomic mass is 16.5. The van der Waals surface area contributed by atoms with Crippen molar-refractivity contribution in [1.29, 1.82) is 0 Å². The summed E-state index contributed by atoms with van der Waals surface area (Å²) < 4.78 is 5.45. The van der Waals surface area contributed by atoms with Crippen LogP contribution in [0.1, 0.15) is 52.9 Å². The number of aromatic nitrogens is 2. The zero-order valence-electron chi connectivity index (χ0n) is 13.2. The lowest BCUT2D eigenvalue weighted by Gasteiger charge is -2.18. The molecule has 0 aromatic carbocycles. The van der Waals surface area contributed by atoms with Crippen molar-refractivity contribution in [2.45, 2.75) is 58.9 Å². The van der Waals surface area contributed by atoms with Crippen LogP contribution >= 0.6 is 0 Å². The van der Waals surface area contributed by atoms with Crippen molar-refractivity contribution in [3.05, 3.63) is 6.33 Å². The SMILES string of the molecule is CCCCCC(C)Nc1ncnc(NCCC)c1OC. The predicted octanol–water partition coefficient (Wildman–Crippen LogP) is 3.69. The maximum absolute atomic E-state index is 5.45. The molecule has 0 aliphatic heterocycles. The first-order chi connectivity index (χ1) is 9.72. The molecule has 20 heavy (non-hydrogen) atoms. The molecular formula is C15H28N4O. The molecule has 1 atom stereocenters. The summed E-state index contributed by atoms with van der Waals surface area (Å²) in [6.07, 6.45) is 7.51. The molecule has 2 N–H and O–H groups in total. The fraction of sp³-hybridized carbons (Fsp3) is 0.733. The van der Waals surface area contributed by atoms with Crippen LogP contribution in [0, 0.1) is 0 Å². The molecule has 0 saturated carbocycles. The van der Waals surface area contributed by atoms with E-state index < -0.39 is 0 Å². The van der Waals surface area contributed by atoms with E-state index in [1.54, 1.807) is 13.4 Å². The Balaban J connectivity index is 2.68. The van der Waals surface area contributed by atoms with Crippen molar-refractivity contribution in [3.63, 3.8) is 0 Å². The number of anilines is 2. The smallest absolute Gasteiger partial charge is 0.204 e. The van der Waals surface area contributed by atoms with Gasteiger partial charge in [-0.3, -0.25) is 0 Å². The summed E-state index contributed by atoms with van der Waals surface area (Å²) in [4.78, 5) is 8.54. The molecule has 0 saturated heterocycles. The van der Waals surface area contributed by atoms with Gasteiger partial charge in [0, 0.05) is 12.6 Å². The van der Waals surface area contributed by atoms with Gasteiger partial charge in [-0.25, -0.2) is 9.97 Å². The number of nitrogens with one attached hydrogen (secondary N) is 2. The first kappa shape index (κ1) is 16.5. The van der Waals surface area contributed by atoms with Gasteiger partial charge in [-0.2, -0.15) is 0 Å². The molecule has 1 rings (SSSR count). The highest BCUT2D eigenvalue weighted by Crippen LogP contribution is 2.29. The quantitative estimate of drug-likeness (QED) is 0.640. The zero-order valence-corrected chi connectivity index (χ0v) is 13.2. The molecule has 0 radical (unpaired) electrons. The van der Waals surface area contributed by atoms with Crippen LogP contribution in [0.15, 0.2) is 6.33 Å². The largest absolute Gasteiger partial charge is 0.490 e. The Bertz CT molecular complexity index is 384. The Hall–Kier alpha value is -1.52. The number of unbranched alkanes of at least 4 members (excludes halogenated alkanes) is 2. The van der Waals surface area contributed by atoms with Crippen molar-refractivity contribution >= 4 is 11.6 Å². The molecule has 1 unspecified atom stereocenters. The van der Waals surface area contributed by atoms with Gasteiger partial charge in [0.25, 0.3) is 0 Å². The standard InChI is InChI=1S/C15H28N4O/c1-5-7-8-9-12(3)19-15-13(20-4)14(16-10-6-2)17-11-18-15/h11-12H,5-10H2,1-4H3,(H2,16,17,18,19). The van der Waals surface area contributed by atoms with E-state index in [0.717, 1.165) is 31.0 Å². The number of ether oxygens (including phenoxy) is 1. The molecule has 5 heteroatoms.